The van der Waals surface area contributed by atoms with Crippen LogP contribution < -0.4 is 10.6 Å². The van der Waals surface area contributed by atoms with Crippen LogP contribution in [0.3, 0.4) is 0 Å². The van der Waals surface area contributed by atoms with Gasteiger partial charge in [-0.3, -0.25) is 0 Å². The first-order chi connectivity index (χ1) is 7.61. The highest BCUT2D eigenvalue weighted by molar-refractivity contribution is 7.80. The number of nitrogens with one attached hydrogen (secondary N) is 2. The number of rotatable bonds is 4. The van der Waals surface area contributed by atoms with E-state index >= 15 is 0 Å². The Hall–Kier alpha value is -1.09. The molecule has 0 radical (unpaired) electrons. The minimum absolute atomic E-state index is 0.361. The van der Waals surface area contributed by atoms with Gasteiger partial charge in [0.15, 0.2) is 5.11 Å². The summed E-state index contributed by atoms with van der Waals surface area (Å²) in [6, 6.07) is 8.78. The summed E-state index contributed by atoms with van der Waals surface area (Å²) in [6.45, 7) is 6.32. The molecule has 88 valence electrons. The Morgan fingerprint density at radius 3 is 2.38 bits per heavy atom. The molecule has 0 atom stereocenters. The molecule has 0 aromatic heterocycles. The summed E-state index contributed by atoms with van der Waals surface area (Å²) < 4.78 is 0. The van der Waals surface area contributed by atoms with Crippen molar-refractivity contribution < 1.29 is 0 Å². The van der Waals surface area contributed by atoms with Crippen LogP contribution in [0, 0.1) is 0 Å². The maximum atomic E-state index is 5.17. The van der Waals surface area contributed by atoms with E-state index in [2.05, 4.69) is 55.7 Å². The smallest absolute Gasteiger partial charge is 0.170 e. The maximum Gasteiger partial charge on any atom is 0.170 e. The number of benzene rings is 1. The first kappa shape index (κ1) is 13.0. The summed E-state index contributed by atoms with van der Waals surface area (Å²) in [5, 5.41) is 6.99. The van der Waals surface area contributed by atoms with Gasteiger partial charge in [0.05, 0.1) is 0 Å². The van der Waals surface area contributed by atoms with E-state index in [1.165, 1.54) is 12.0 Å². The molecule has 0 saturated heterocycles. The molecule has 2 N–H and O–H groups in total. The van der Waals surface area contributed by atoms with Crippen LogP contribution in [0.25, 0.3) is 0 Å². The largest absolute Gasteiger partial charge is 0.360 e. The predicted octanol–water partition coefficient (Wildman–Crippen LogP) is 3.33. The molecule has 0 saturated carbocycles. The zero-order chi connectivity index (χ0) is 12.0. The van der Waals surface area contributed by atoms with E-state index in [1.807, 2.05) is 0 Å². The summed E-state index contributed by atoms with van der Waals surface area (Å²) in [7, 11) is 0. The van der Waals surface area contributed by atoms with Crippen LogP contribution in [-0.2, 0) is 6.42 Å². The minimum atomic E-state index is 0.361. The Morgan fingerprint density at radius 2 is 1.88 bits per heavy atom. The molecule has 2 nitrogen and oxygen atoms in total. The standard InChI is InChI=1S/C13H20N2S/c1-4-5-11-6-8-12(9-7-11)15-13(16)14-10(2)3/h6-10H,4-5H2,1-3H3,(H2,14,15,16). The second-order valence-electron chi connectivity index (χ2n) is 4.20. The summed E-state index contributed by atoms with van der Waals surface area (Å²) in [6.07, 6.45) is 2.31. The zero-order valence-corrected chi connectivity index (χ0v) is 11.0. The van der Waals surface area contributed by atoms with Crippen molar-refractivity contribution in [3.05, 3.63) is 29.8 Å². The lowest BCUT2D eigenvalue weighted by Gasteiger charge is -2.13. The highest BCUT2D eigenvalue weighted by Gasteiger charge is 1.99. The third-order valence-electron chi connectivity index (χ3n) is 2.17. The van der Waals surface area contributed by atoms with E-state index in [1.54, 1.807) is 0 Å². The van der Waals surface area contributed by atoms with E-state index in [0.717, 1.165) is 12.1 Å². The van der Waals surface area contributed by atoms with Crippen molar-refractivity contribution >= 4 is 23.0 Å². The van der Waals surface area contributed by atoms with Gasteiger partial charge in [0.25, 0.3) is 0 Å². The fourth-order valence-corrected chi connectivity index (χ4v) is 1.83. The van der Waals surface area contributed by atoms with Gasteiger partial charge in [-0.15, -0.1) is 0 Å². The van der Waals surface area contributed by atoms with E-state index in [4.69, 9.17) is 12.2 Å². The van der Waals surface area contributed by atoms with E-state index < -0.39 is 0 Å². The summed E-state index contributed by atoms with van der Waals surface area (Å²) in [5.41, 5.74) is 2.41. The molecule has 0 aliphatic carbocycles. The molecule has 0 fully saturated rings. The molecule has 0 unspecified atom stereocenters. The van der Waals surface area contributed by atoms with Crippen molar-refractivity contribution in [2.24, 2.45) is 0 Å². The number of hydrogen-bond acceptors (Lipinski definition) is 1. The van der Waals surface area contributed by atoms with Gasteiger partial charge in [-0.1, -0.05) is 25.5 Å². The SMILES string of the molecule is CCCc1ccc(NC(=S)NC(C)C)cc1. The Morgan fingerprint density at radius 1 is 1.25 bits per heavy atom. The van der Waals surface area contributed by atoms with Gasteiger partial charge in [0.2, 0.25) is 0 Å². The first-order valence-corrected chi connectivity index (χ1v) is 6.19. The number of thiocarbonyl (C=S) groups is 1. The van der Waals surface area contributed by atoms with Gasteiger partial charge < -0.3 is 10.6 Å². The Kier molecular flexibility index (Phi) is 5.26. The molecular formula is C13H20N2S. The highest BCUT2D eigenvalue weighted by Crippen LogP contribution is 2.10. The quantitative estimate of drug-likeness (QED) is 0.784. The third kappa shape index (κ3) is 4.62. The van der Waals surface area contributed by atoms with Crippen LogP contribution in [0.15, 0.2) is 24.3 Å². The van der Waals surface area contributed by atoms with Crippen LogP contribution in [0.5, 0.6) is 0 Å². The molecule has 1 rings (SSSR count). The Balaban J connectivity index is 2.51. The van der Waals surface area contributed by atoms with Gasteiger partial charge in [0, 0.05) is 11.7 Å². The molecule has 1 aromatic rings. The fourth-order valence-electron chi connectivity index (χ4n) is 1.47. The van der Waals surface area contributed by atoms with Crippen LogP contribution >= 0.6 is 12.2 Å². The second-order valence-corrected chi connectivity index (χ2v) is 4.61. The molecule has 0 spiro atoms. The average Bonchev–Trinajstić information content (AvgIpc) is 2.20. The minimum Gasteiger partial charge on any atom is -0.360 e. The average molecular weight is 236 g/mol. The van der Waals surface area contributed by atoms with Gasteiger partial charge in [-0.25, -0.2) is 0 Å². The van der Waals surface area contributed by atoms with E-state index in [-0.39, 0.29) is 0 Å². The summed E-state index contributed by atoms with van der Waals surface area (Å²) >= 11 is 5.17. The van der Waals surface area contributed by atoms with Crippen molar-refractivity contribution in [3.8, 4) is 0 Å². The monoisotopic (exact) mass is 236 g/mol. The molecule has 0 heterocycles. The predicted molar refractivity (Wildman–Crippen MR) is 74.9 cm³/mol. The van der Waals surface area contributed by atoms with Crippen LogP contribution in [0.1, 0.15) is 32.8 Å². The van der Waals surface area contributed by atoms with Crippen LogP contribution in [0.2, 0.25) is 0 Å². The number of hydrogen-bond donors (Lipinski definition) is 2. The topological polar surface area (TPSA) is 24.1 Å². The molecule has 16 heavy (non-hydrogen) atoms. The fraction of sp³-hybridized carbons (Fsp3) is 0.462. The highest BCUT2D eigenvalue weighted by atomic mass is 32.1. The van der Waals surface area contributed by atoms with Crippen molar-refractivity contribution in [2.45, 2.75) is 39.7 Å². The molecule has 1 aromatic carbocycles. The molecule has 0 aliphatic rings. The normalized spacial score (nSPS) is 10.2. The first-order valence-electron chi connectivity index (χ1n) is 5.78. The molecule has 0 aliphatic heterocycles. The van der Waals surface area contributed by atoms with Gasteiger partial charge >= 0.3 is 0 Å². The van der Waals surface area contributed by atoms with Crippen LogP contribution in [0.4, 0.5) is 5.69 Å². The maximum absolute atomic E-state index is 5.17. The van der Waals surface area contributed by atoms with Crippen molar-refractivity contribution in [3.63, 3.8) is 0 Å². The zero-order valence-electron chi connectivity index (χ0n) is 10.2. The summed E-state index contributed by atoms with van der Waals surface area (Å²) in [5.74, 6) is 0. The van der Waals surface area contributed by atoms with Crippen molar-refractivity contribution in [1.29, 1.82) is 0 Å². The molecule has 0 amide bonds. The Labute approximate surface area is 103 Å². The Bertz CT molecular complexity index is 330. The lowest BCUT2D eigenvalue weighted by molar-refractivity contribution is 0.739. The third-order valence-corrected chi connectivity index (χ3v) is 2.39. The second kappa shape index (κ2) is 6.48. The molecule has 0 bridgehead atoms. The molecule has 3 heteroatoms. The van der Waals surface area contributed by atoms with Gasteiger partial charge in [-0.05, 0) is 50.2 Å². The summed E-state index contributed by atoms with van der Waals surface area (Å²) in [4.78, 5) is 0. The van der Waals surface area contributed by atoms with E-state index in [9.17, 15) is 0 Å². The lowest BCUT2D eigenvalue weighted by Crippen LogP contribution is -2.33. The number of aryl methyl sites for hydroxylation is 1. The van der Waals surface area contributed by atoms with E-state index in [0.29, 0.717) is 11.2 Å². The van der Waals surface area contributed by atoms with Gasteiger partial charge in [0.1, 0.15) is 0 Å². The van der Waals surface area contributed by atoms with Crippen molar-refractivity contribution in [1.82, 2.24) is 5.32 Å². The van der Waals surface area contributed by atoms with Crippen LogP contribution in [-0.4, -0.2) is 11.2 Å². The van der Waals surface area contributed by atoms with Gasteiger partial charge in [-0.2, -0.15) is 0 Å². The molecular weight excluding hydrogens is 216 g/mol. The number of anilines is 1. The lowest BCUT2D eigenvalue weighted by atomic mass is 10.1. The van der Waals surface area contributed by atoms with Crippen molar-refractivity contribution in [2.75, 3.05) is 5.32 Å².